The Hall–Kier alpha value is -2.15. The average Bonchev–Trinajstić information content (AvgIpc) is 3.08. The number of carbonyl (C=O) groups excluding carboxylic acids is 2. The highest BCUT2D eigenvalue weighted by molar-refractivity contribution is 7.17. The molecule has 21 heavy (non-hydrogen) atoms. The summed E-state index contributed by atoms with van der Waals surface area (Å²) in [7, 11) is 0. The molecule has 0 amide bonds. The highest BCUT2D eigenvalue weighted by Gasteiger charge is 2.22. The summed E-state index contributed by atoms with van der Waals surface area (Å²) in [5.41, 5.74) is 0.0786. The second-order valence-electron chi connectivity index (χ2n) is 4.23. The summed E-state index contributed by atoms with van der Waals surface area (Å²) in [6, 6.07) is 3.71. The fourth-order valence-electron chi connectivity index (χ4n) is 1.72. The van der Waals surface area contributed by atoms with Gasteiger partial charge in [-0.3, -0.25) is 4.79 Å². The fourth-order valence-corrected chi connectivity index (χ4v) is 2.59. The van der Waals surface area contributed by atoms with Crippen LogP contribution in [0.3, 0.4) is 0 Å². The Morgan fingerprint density at radius 2 is 2.29 bits per heavy atom. The largest absolute Gasteiger partial charge is 0.469 e. The van der Waals surface area contributed by atoms with Crippen LogP contribution in [0, 0.1) is 0 Å². The van der Waals surface area contributed by atoms with Crippen LogP contribution in [-0.4, -0.2) is 29.9 Å². The van der Waals surface area contributed by atoms with E-state index in [9.17, 15) is 9.59 Å². The number of nitrogens with zero attached hydrogens (tertiary/aromatic N) is 1. The van der Waals surface area contributed by atoms with Gasteiger partial charge in [0.1, 0.15) is 10.6 Å². The minimum Gasteiger partial charge on any atom is -0.469 e. The van der Waals surface area contributed by atoms with Gasteiger partial charge in [0.2, 0.25) is 0 Å². The molecule has 2 rings (SSSR count). The van der Waals surface area contributed by atoms with Crippen molar-refractivity contribution in [2.24, 2.45) is 0 Å². The van der Waals surface area contributed by atoms with Crippen LogP contribution in [0.5, 0.6) is 0 Å². The minimum atomic E-state index is -0.571. The average molecular weight is 308 g/mol. The first-order chi connectivity index (χ1) is 10.1. The molecule has 112 valence electrons. The summed E-state index contributed by atoms with van der Waals surface area (Å²) in [6.07, 6.45) is 2.31. The third kappa shape index (κ3) is 3.91. The second-order valence-corrected chi connectivity index (χ2v) is 5.23. The number of ketones is 1. The number of aromatic nitrogens is 1. The number of furan rings is 1. The summed E-state index contributed by atoms with van der Waals surface area (Å²) >= 11 is 1.16. The SMILES string of the molecule is CCOC(=O)c1nc(NCCc2ccco2)sc1C(C)=O. The van der Waals surface area contributed by atoms with E-state index in [0.717, 1.165) is 17.1 Å². The van der Waals surface area contributed by atoms with E-state index in [2.05, 4.69) is 10.3 Å². The first kappa shape index (κ1) is 15.2. The molecule has 0 saturated carbocycles. The molecule has 0 bridgehead atoms. The number of hydrogen-bond acceptors (Lipinski definition) is 7. The van der Waals surface area contributed by atoms with E-state index in [0.29, 0.717) is 23.0 Å². The predicted octanol–water partition coefficient (Wildman–Crippen LogP) is 2.77. The van der Waals surface area contributed by atoms with Crippen LogP contribution in [0.4, 0.5) is 5.13 Å². The molecule has 7 heteroatoms. The lowest BCUT2D eigenvalue weighted by Gasteiger charge is -2.00. The first-order valence-electron chi connectivity index (χ1n) is 6.57. The number of esters is 1. The molecule has 0 aliphatic carbocycles. The van der Waals surface area contributed by atoms with E-state index in [1.807, 2.05) is 12.1 Å². The van der Waals surface area contributed by atoms with Gasteiger partial charge in [0.25, 0.3) is 0 Å². The van der Waals surface area contributed by atoms with Gasteiger partial charge in [-0.05, 0) is 19.1 Å². The lowest BCUT2D eigenvalue weighted by molar-refractivity contribution is 0.0517. The number of carbonyl (C=O) groups is 2. The molecule has 2 heterocycles. The van der Waals surface area contributed by atoms with Crippen molar-refractivity contribution in [3.05, 3.63) is 34.7 Å². The smallest absolute Gasteiger partial charge is 0.358 e. The number of hydrogen-bond donors (Lipinski definition) is 1. The normalized spacial score (nSPS) is 10.4. The summed E-state index contributed by atoms with van der Waals surface area (Å²) < 4.78 is 10.1. The van der Waals surface area contributed by atoms with Crippen molar-refractivity contribution >= 4 is 28.2 Å². The Balaban J connectivity index is 2.04. The predicted molar refractivity (Wildman–Crippen MR) is 79.0 cm³/mol. The molecular formula is C14H16N2O4S. The monoisotopic (exact) mass is 308 g/mol. The molecule has 0 aliphatic heterocycles. The molecule has 0 aliphatic rings. The van der Waals surface area contributed by atoms with Gasteiger partial charge in [0.05, 0.1) is 12.9 Å². The van der Waals surface area contributed by atoms with Gasteiger partial charge < -0.3 is 14.5 Å². The molecule has 0 unspecified atom stereocenters. The van der Waals surface area contributed by atoms with Gasteiger partial charge in [-0.1, -0.05) is 11.3 Å². The molecule has 0 atom stereocenters. The van der Waals surface area contributed by atoms with E-state index >= 15 is 0 Å². The maximum absolute atomic E-state index is 11.8. The number of rotatable bonds is 7. The van der Waals surface area contributed by atoms with Gasteiger partial charge in [0, 0.05) is 19.9 Å². The van der Waals surface area contributed by atoms with E-state index in [4.69, 9.17) is 9.15 Å². The molecule has 2 aromatic heterocycles. The van der Waals surface area contributed by atoms with Crippen LogP contribution in [0.1, 0.15) is 39.8 Å². The number of Topliss-reactive ketones (excluding diaryl/α,β-unsaturated/α-hetero) is 1. The molecule has 0 aromatic carbocycles. The van der Waals surface area contributed by atoms with Crippen LogP contribution < -0.4 is 5.32 Å². The molecule has 6 nitrogen and oxygen atoms in total. The second kappa shape index (κ2) is 7.03. The van der Waals surface area contributed by atoms with Crippen LogP contribution in [-0.2, 0) is 11.2 Å². The molecular weight excluding hydrogens is 292 g/mol. The maximum atomic E-state index is 11.8. The van der Waals surface area contributed by atoms with Gasteiger partial charge in [0.15, 0.2) is 16.6 Å². The van der Waals surface area contributed by atoms with E-state index in [-0.39, 0.29) is 18.1 Å². The zero-order chi connectivity index (χ0) is 15.2. The summed E-state index contributed by atoms with van der Waals surface area (Å²) in [4.78, 5) is 27.8. The van der Waals surface area contributed by atoms with Crippen LogP contribution in [0.25, 0.3) is 0 Å². The highest BCUT2D eigenvalue weighted by atomic mass is 32.1. The van der Waals surface area contributed by atoms with Crippen LogP contribution in [0.2, 0.25) is 0 Å². The molecule has 0 fully saturated rings. The lowest BCUT2D eigenvalue weighted by Crippen LogP contribution is -2.10. The van der Waals surface area contributed by atoms with E-state index in [1.165, 1.54) is 6.92 Å². The van der Waals surface area contributed by atoms with Crippen molar-refractivity contribution in [1.82, 2.24) is 4.98 Å². The van der Waals surface area contributed by atoms with Crippen molar-refractivity contribution in [2.45, 2.75) is 20.3 Å². The van der Waals surface area contributed by atoms with Crippen LogP contribution >= 0.6 is 11.3 Å². The number of nitrogens with one attached hydrogen (secondary N) is 1. The Kier molecular flexibility index (Phi) is 5.10. The molecule has 2 aromatic rings. The quantitative estimate of drug-likeness (QED) is 0.625. The van der Waals surface area contributed by atoms with Gasteiger partial charge in [-0.25, -0.2) is 9.78 Å². The number of ether oxygens (including phenoxy) is 1. The van der Waals surface area contributed by atoms with E-state index in [1.54, 1.807) is 13.2 Å². The summed E-state index contributed by atoms with van der Waals surface area (Å²) in [5.74, 6) is 0.0872. The summed E-state index contributed by atoms with van der Waals surface area (Å²) in [5, 5.41) is 3.61. The molecule has 1 N–H and O–H groups in total. The third-order valence-corrected chi connectivity index (χ3v) is 3.76. The topological polar surface area (TPSA) is 81.4 Å². The van der Waals surface area contributed by atoms with E-state index < -0.39 is 5.97 Å². The number of anilines is 1. The Bertz CT molecular complexity index is 619. The first-order valence-corrected chi connectivity index (χ1v) is 7.38. The molecule has 0 spiro atoms. The molecule has 0 radical (unpaired) electrons. The summed E-state index contributed by atoms with van der Waals surface area (Å²) in [6.45, 7) is 3.96. The zero-order valence-corrected chi connectivity index (χ0v) is 12.7. The van der Waals surface area contributed by atoms with Crippen molar-refractivity contribution in [3.8, 4) is 0 Å². The van der Waals surface area contributed by atoms with Gasteiger partial charge in [-0.2, -0.15) is 0 Å². The van der Waals surface area contributed by atoms with Gasteiger partial charge >= 0.3 is 5.97 Å². The van der Waals surface area contributed by atoms with Crippen LogP contribution in [0.15, 0.2) is 22.8 Å². The molecule has 0 saturated heterocycles. The van der Waals surface area contributed by atoms with Crippen molar-refractivity contribution in [3.63, 3.8) is 0 Å². The number of thiazole rings is 1. The Morgan fingerprint density at radius 3 is 2.90 bits per heavy atom. The Labute approximate surface area is 126 Å². The standard InChI is InChI=1S/C14H16N2O4S/c1-3-19-13(18)11-12(9(2)17)21-14(16-11)15-7-6-10-5-4-8-20-10/h4-5,8H,3,6-7H2,1-2H3,(H,15,16). The maximum Gasteiger partial charge on any atom is 0.358 e. The lowest BCUT2D eigenvalue weighted by atomic mass is 10.3. The highest BCUT2D eigenvalue weighted by Crippen LogP contribution is 2.24. The van der Waals surface area contributed by atoms with Crippen molar-refractivity contribution < 1.29 is 18.7 Å². The fraction of sp³-hybridized carbons (Fsp3) is 0.357. The van der Waals surface area contributed by atoms with Crippen molar-refractivity contribution in [1.29, 1.82) is 0 Å². The Morgan fingerprint density at radius 1 is 1.48 bits per heavy atom. The third-order valence-electron chi connectivity index (χ3n) is 2.64. The van der Waals surface area contributed by atoms with Gasteiger partial charge in [-0.15, -0.1) is 0 Å². The minimum absolute atomic E-state index is 0.0786. The zero-order valence-electron chi connectivity index (χ0n) is 11.8. The van der Waals surface area contributed by atoms with Crippen molar-refractivity contribution in [2.75, 3.05) is 18.5 Å².